The lowest BCUT2D eigenvalue weighted by atomic mass is 10.00. The van der Waals surface area contributed by atoms with E-state index < -0.39 is 0 Å². The number of rotatable bonds is 2. The SMILES string of the molecule is CC1CCN(c2nc(N3CCCCC3)c3ccccc3n2)CC1. The fourth-order valence-corrected chi connectivity index (χ4v) is 3.74. The van der Waals surface area contributed by atoms with Crippen LogP contribution < -0.4 is 9.80 Å². The lowest BCUT2D eigenvalue weighted by Gasteiger charge is -2.33. The van der Waals surface area contributed by atoms with Gasteiger partial charge in [0, 0.05) is 31.6 Å². The summed E-state index contributed by atoms with van der Waals surface area (Å²) in [4.78, 5) is 14.7. The van der Waals surface area contributed by atoms with Gasteiger partial charge < -0.3 is 9.80 Å². The predicted molar refractivity (Wildman–Crippen MR) is 96.2 cm³/mol. The Hall–Kier alpha value is -1.84. The topological polar surface area (TPSA) is 32.3 Å². The van der Waals surface area contributed by atoms with Crippen LogP contribution >= 0.6 is 0 Å². The first-order valence-corrected chi connectivity index (χ1v) is 9.08. The van der Waals surface area contributed by atoms with Gasteiger partial charge in [-0.1, -0.05) is 19.1 Å². The van der Waals surface area contributed by atoms with Crippen LogP contribution in [0.4, 0.5) is 11.8 Å². The van der Waals surface area contributed by atoms with Crippen molar-refractivity contribution in [3.63, 3.8) is 0 Å². The largest absolute Gasteiger partial charge is 0.356 e. The first kappa shape index (κ1) is 14.7. The van der Waals surface area contributed by atoms with Crippen LogP contribution in [0, 0.1) is 5.92 Å². The molecule has 4 rings (SSSR count). The molecule has 2 fully saturated rings. The maximum Gasteiger partial charge on any atom is 0.227 e. The summed E-state index contributed by atoms with van der Waals surface area (Å²) in [6.07, 6.45) is 6.38. The van der Waals surface area contributed by atoms with Crippen LogP contribution in [0.2, 0.25) is 0 Å². The standard InChI is InChI=1S/C19H26N4/c1-15-9-13-23(14-10-15)19-20-17-8-4-3-7-16(17)18(21-19)22-11-5-2-6-12-22/h3-4,7-8,15H,2,5-6,9-14H2,1H3. The summed E-state index contributed by atoms with van der Waals surface area (Å²) in [5, 5.41) is 1.20. The van der Waals surface area contributed by atoms with Gasteiger partial charge in [-0.3, -0.25) is 0 Å². The van der Waals surface area contributed by atoms with Crippen LogP contribution in [0.25, 0.3) is 10.9 Å². The minimum Gasteiger partial charge on any atom is -0.356 e. The number of nitrogens with zero attached hydrogens (tertiary/aromatic N) is 4. The molecule has 3 heterocycles. The van der Waals surface area contributed by atoms with Crippen molar-refractivity contribution in [1.82, 2.24) is 9.97 Å². The Morgan fingerprint density at radius 2 is 1.61 bits per heavy atom. The first-order valence-electron chi connectivity index (χ1n) is 9.08. The zero-order chi connectivity index (χ0) is 15.6. The summed E-state index contributed by atoms with van der Waals surface area (Å²) in [5.41, 5.74) is 1.08. The molecular weight excluding hydrogens is 284 g/mol. The Morgan fingerprint density at radius 3 is 2.39 bits per heavy atom. The quantitative estimate of drug-likeness (QED) is 0.843. The molecule has 0 N–H and O–H groups in total. The second kappa shape index (κ2) is 6.34. The molecule has 2 saturated heterocycles. The van der Waals surface area contributed by atoms with Gasteiger partial charge in [0.15, 0.2) is 0 Å². The molecule has 0 unspecified atom stereocenters. The Kier molecular flexibility index (Phi) is 4.06. The van der Waals surface area contributed by atoms with Crippen molar-refractivity contribution in [3.05, 3.63) is 24.3 Å². The van der Waals surface area contributed by atoms with Crippen LogP contribution in [-0.2, 0) is 0 Å². The highest BCUT2D eigenvalue weighted by molar-refractivity contribution is 5.90. The van der Waals surface area contributed by atoms with Crippen molar-refractivity contribution in [1.29, 1.82) is 0 Å². The molecule has 0 aliphatic carbocycles. The predicted octanol–water partition coefficient (Wildman–Crippen LogP) is 3.86. The molecular formula is C19H26N4. The second-order valence-corrected chi connectivity index (χ2v) is 7.08. The van der Waals surface area contributed by atoms with E-state index in [-0.39, 0.29) is 0 Å². The van der Waals surface area contributed by atoms with Crippen LogP contribution in [0.5, 0.6) is 0 Å². The normalized spacial score (nSPS) is 20.2. The number of piperidine rings is 2. The third kappa shape index (κ3) is 2.99. The maximum absolute atomic E-state index is 5.01. The van der Waals surface area contributed by atoms with E-state index >= 15 is 0 Å². The number of para-hydroxylation sites is 1. The van der Waals surface area contributed by atoms with Crippen LogP contribution in [-0.4, -0.2) is 36.1 Å². The van der Waals surface area contributed by atoms with E-state index in [1.54, 1.807) is 0 Å². The fourth-order valence-electron chi connectivity index (χ4n) is 3.74. The molecule has 0 bridgehead atoms. The number of hydrogen-bond acceptors (Lipinski definition) is 4. The van der Waals surface area contributed by atoms with Crippen LogP contribution in [0.15, 0.2) is 24.3 Å². The van der Waals surface area contributed by atoms with Crippen molar-refractivity contribution < 1.29 is 0 Å². The highest BCUT2D eigenvalue weighted by Gasteiger charge is 2.22. The van der Waals surface area contributed by atoms with Crippen LogP contribution in [0.1, 0.15) is 39.0 Å². The van der Waals surface area contributed by atoms with Crippen molar-refractivity contribution in [2.45, 2.75) is 39.0 Å². The molecule has 4 nitrogen and oxygen atoms in total. The molecule has 1 aromatic heterocycles. The molecule has 4 heteroatoms. The van der Waals surface area contributed by atoms with Crippen molar-refractivity contribution >= 4 is 22.7 Å². The highest BCUT2D eigenvalue weighted by Crippen LogP contribution is 2.30. The zero-order valence-electron chi connectivity index (χ0n) is 14.0. The maximum atomic E-state index is 5.01. The summed E-state index contributed by atoms with van der Waals surface area (Å²) in [6, 6.07) is 8.47. The Bertz CT molecular complexity index is 670. The molecule has 1 aromatic carbocycles. The van der Waals surface area contributed by atoms with E-state index in [2.05, 4.69) is 41.0 Å². The second-order valence-electron chi connectivity index (χ2n) is 7.08. The molecule has 2 aromatic rings. The Balaban J connectivity index is 1.74. The molecule has 0 atom stereocenters. The minimum atomic E-state index is 0.827. The molecule has 122 valence electrons. The van der Waals surface area contributed by atoms with Gasteiger partial charge in [-0.25, -0.2) is 4.98 Å². The molecule has 0 amide bonds. The third-order valence-corrected chi connectivity index (χ3v) is 5.29. The van der Waals surface area contributed by atoms with Gasteiger partial charge in [0.1, 0.15) is 5.82 Å². The van der Waals surface area contributed by atoms with E-state index in [0.717, 1.165) is 49.4 Å². The van der Waals surface area contributed by atoms with Gasteiger partial charge in [0.05, 0.1) is 5.52 Å². The van der Waals surface area contributed by atoms with E-state index in [4.69, 9.17) is 9.97 Å². The molecule has 2 aliphatic heterocycles. The van der Waals surface area contributed by atoms with Gasteiger partial charge in [-0.15, -0.1) is 0 Å². The van der Waals surface area contributed by atoms with E-state index in [0.29, 0.717) is 0 Å². The molecule has 0 spiro atoms. The number of aromatic nitrogens is 2. The van der Waals surface area contributed by atoms with Gasteiger partial charge in [-0.05, 0) is 50.2 Å². The summed E-state index contributed by atoms with van der Waals surface area (Å²) >= 11 is 0. The molecule has 0 saturated carbocycles. The Morgan fingerprint density at radius 1 is 0.870 bits per heavy atom. The number of benzene rings is 1. The summed E-state index contributed by atoms with van der Waals surface area (Å²) < 4.78 is 0. The summed E-state index contributed by atoms with van der Waals surface area (Å²) in [5.74, 6) is 2.90. The van der Waals surface area contributed by atoms with Crippen molar-refractivity contribution in [2.24, 2.45) is 5.92 Å². The molecule has 2 aliphatic rings. The van der Waals surface area contributed by atoms with Gasteiger partial charge in [0.25, 0.3) is 0 Å². The summed E-state index contributed by atoms with van der Waals surface area (Å²) in [6.45, 7) is 6.75. The highest BCUT2D eigenvalue weighted by atomic mass is 15.3. The van der Waals surface area contributed by atoms with Gasteiger partial charge in [0.2, 0.25) is 5.95 Å². The van der Waals surface area contributed by atoms with Gasteiger partial charge in [-0.2, -0.15) is 4.98 Å². The Labute approximate surface area is 138 Å². The average Bonchev–Trinajstić information content (AvgIpc) is 2.62. The molecule has 23 heavy (non-hydrogen) atoms. The number of fused-ring (bicyclic) bond motifs is 1. The molecule has 0 radical (unpaired) electrons. The van der Waals surface area contributed by atoms with Crippen LogP contribution in [0.3, 0.4) is 0 Å². The monoisotopic (exact) mass is 310 g/mol. The third-order valence-electron chi connectivity index (χ3n) is 5.29. The van der Waals surface area contributed by atoms with Gasteiger partial charge >= 0.3 is 0 Å². The van der Waals surface area contributed by atoms with Crippen molar-refractivity contribution in [3.8, 4) is 0 Å². The lowest BCUT2D eigenvalue weighted by Crippen LogP contribution is -2.35. The fraction of sp³-hybridized carbons (Fsp3) is 0.579. The zero-order valence-corrected chi connectivity index (χ0v) is 14.0. The first-order chi connectivity index (χ1) is 11.3. The average molecular weight is 310 g/mol. The smallest absolute Gasteiger partial charge is 0.227 e. The van der Waals surface area contributed by atoms with E-state index in [1.807, 2.05) is 0 Å². The van der Waals surface area contributed by atoms with E-state index in [9.17, 15) is 0 Å². The minimum absolute atomic E-state index is 0.827. The number of hydrogen-bond donors (Lipinski definition) is 0. The number of anilines is 2. The summed E-state index contributed by atoms with van der Waals surface area (Å²) in [7, 11) is 0. The van der Waals surface area contributed by atoms with E-state index in [1.165, 1.54) is 37.5 Å². The van der Waals surface area contributed by atoms with Crippen molar-refractivity contribution in [2.75, 3.05) is 36.0 Å². The lowest BCUT2D eigenvalue weighted by molar-refractivity contribution is 0.434.